The van der Waals surface area contributed by atoms with Gasteiger partial charge in [0.2, 0.25) is 5.88 Å². The molecule has 42 heavy (non-hydrogen) atoms. The van der Waals surface area contributed by atoms with Gasteiger partial charge in [-0.15, -0.1) is 0 Å². The molecule has 9 nitrogen and oxygen atoms in total. The van der Waals surface area contributed by atoms with E-state index in [4.69, 9.17) is 14.5 Å². The van der Waals surface area contributed by atoms with Crippen molar-refractivity contribution in [3.8, 4) is 34.4 Å². The second kappa shape index (κ2) is 10.1. The number of imidazole rings is 1. The minimum Gasteiger partial charge on any atom is -0.486 e. The molecule has 0 N–H and O–H groups in total. The van der Waals surface area contributed by atoms with E-state index in [0.29, 0.717) is 41.6 Å². The first-order valence-electron chi connectivity index (χ1n) is 12.9. The van der Waals surface area contributed by atoms with Gasteiger partial charge in [-0.1, -0.05) is 12.1 Å². The summed E-state index contributed by atoms with van der Waals surface area (Å²) >= 11 is 0. The number of nitrogens with zero attached hydrogens (tertiary/aromatic N) is 7. The first kappa shape index (κ1) is 27.7. The van der Waals surface area contributed by atoms with Crippen LogP contribution in [-0.2, 0) is 25.9 Å². The smallest absolute Gasteiger partial charge is 0.434 e. The molecule has 1 saturated carbocycles. The summed E-state index contributed by atoms with van der Waals surface area (Å²) in [6.45, 7) is 0.583. The van der Waals surface area contributed by atoms with Gasteiger partial charge < -0.3 is 18.9 Å². The number of methoxy groups -OCH3 is 1. The standard InChI is InChI=1S/C27H23F6N7O2/c1-39-12-19(27(31,32)33)37-23(39)16-6-3-14(9-17(16)26(28,29)30)11-40-7-8-42-18-10-34-22(38-24(18)40)20-21(15-4-5-15)35-13-36-25(20)41-2/h3,6,9-10,12-13,15H,4-5,7-8,11H2,1-2H3. The van der Waals surface area contributed by atoms with E-state index in [2.05, 4.69) is 19.9 Å². The SMILES string of the molecule is COc1ncnc(C2CC2)c1-c1ncc2c(n1)N(Cc1ccc(-c3nc(C(F)(F)F)cn3C)c(C(F)(F)F)c1)CCO2. The zero-order valence-electron chi connectivity index (χ0n) is 22.3. The van der Waals surface area contributed by atoms with Crippen LogP contribution in [0.1, 0.15) is 41.3 Å². The van der Waals surface area contributed by atoms with Gasteiger partial charge in [0.25, 0.3) is 0 Å². The van der Waals surface area contributed by atoms with Crippen LogP contribution < -0.4 is 14.4 Å². The lowest BCUT2D eigenvalue weighted by molar-refractivity contribution is -0.140. The quantitative estimate of drug-likeness (QED) is 0.266. The maximum atomic E-state index is 14.2. The third-order valence-corrected chi connectivity index (χ3v) is 7.05. The number of alkyl halides is 6. The molecule has 1 aliphatic heterocycles. The van der Waals surface area contributed by atoms with E-state index in [1.165, 1.54) is 32.7 Å². The highest BCUT2D eigenvalue weighted by Gasteiger charge is 2.38. The van der Waals surface area contributed by atoms with Crippen LogP contribution >= 0.6 is 0 Å². The first-order valence-corrected chi connectivity index (χ1v) is 12.9. The van der Waals surface area contributed by atoms with Gasteiger partial charge in [0.05, 0.1) is 31.1 Å². The Kier molecular flexibility index (Phi) is 6.69. The van der Waals surface area contributed by atoms with Gasteiger partial charge in [0, 0.05) is 31.3 Å². The van der Waals surface area contributed by atoms with Crippen molar-refractivity contribution in [3.05, 3.63) is 59.4 Å². The summed E-state index contributed by atoms with van der Waals surface area (Å²) in [7, 11) is 2.70. The fourth-order valence-electron chi connectivity index (χ4n) is 4.94. The van der Waals surface area contributed by atoms with Crippen LogP contribution in [-0.4, -0.2) is 49.7 Å². The monoisotopic (exact) mass is 591 g/mol. The van der Waals surface area contributed by atoms with Crippen LogP contribution in [0, 0.1) is 0 Å². The van der Waals surface area contributed by atoms with Gasteiger partial charge in [-0.05, 0) is 24.5 Å². The number of rotatable bonds is 6. The number of ether oxygens (including phenoxy) is 2. The van der Waals surface area contributed by atoms with E-state index in [-0.39, 0.29) is 24.6 Å². The fraction of sp³-hybridized carbons (Fsp3) is 0.370. The van der Waals surface area contributed by atoms with Crippen molar-refractivity contribution in [1.29, 1.82) is 0 Å². The summed E-state index contributed by atoms with van der Waals surface area (Å²) in [4.78, 5) is 23.0. The lowest BCUT2D eigenvalue weighted by atomic mass is 10.0. The minimum atomic E-state index is -4.85. The Hall–Kier alpha value is -4.43. The topological polar surface area (TPSA) is 91.1 Å². The molecule has 15 heteroatoms. The van der Waals surface area contributed by atoms with Crippen molar-refractivity contribution >= 4 is 5.82 Å². The molecule has 0 bridgehead atoms. The molecular weight excluding hydrogens is 568 g/mol. The molecule has 0 radical (unpaired) electrons. The molecular formula is C27H23F6N7O2. The van der Waals surface area contributed by atoms with Crippen molar-refractivity contribution in [2.45, 2.75) is 37.7 Å². The maximum absolute atomic E-state index is 14.2. The predicted octanol–water partition coefficient (Wildman–Crippen LogP) is 5.66. The van der Waals surface area contributed by atoms with Crippen LogP contribution in [0.4, 0.5) is 32.2 Å². The molecule has 1 fully saturated rings. The number of halogens is 6. The largest absolute Gasteiger partial charge is 0.486 e. The van der Waals surface area contributed by atoms with Crippen molar-refractivity contribution in [3.63, 3.8) is 0 Å². The van der Waals surface area contributed by atoms with E-state index in [1.807, 2.05) is 0 Å². The van der Waals surface area contributed by atoms with Crippen molar-refractivity contribution in [1.82, 2.24) is 29.5 Å². The number of aromatic nitrogens is 6. The number of hydrogen-bond acceptors (Lipinski definition) is 8. The minimum absolute atomic E-state index is 0.0163. The zero-order chi connectivity index (χ0) is 29.8. The summed E-state index contributed by atoms with van der Waals surface area (Å²) in [5.41, 5.74) is -1.25. The van der Waals surface area contributed by atoms with E-state index in [1.54, 1.807) is 4.90 Å². The molecule has 4 aromatic rings. The van der Waals surface area contributed by atoms with Crippen molar-refractivity contribution in [2.75, 3.05) is 25.2 Å². The highest BCUT2D eigenvalue weighted by atomic mass is 19.4. The normalized spacial score (nSPS) is 15.4. The molecule has 220 valence electrons. The molecule has 0 spiro atoms. The lowest BCUT2D eigenvalue weighted by Gasteiger charge is -2.30. The Morgan fingerprint density at radius 2 is 1.81 bits per heavy atom. The van der Waals surface area contributed by atoms with Crippen LogP contribution in [0.3, 0.4) is 0 Å². The zero-order valence-corrected chi connectivity index (χ0v) is 22.3. The summed E-state index contributed by atoms with van der Waals surface area (Å²) in [6, 6.07) is 3.50. The highest BCUT2D eigenvalue weighted by molar-refractivity contribution is 5.69. The molecule has 6 rings (SSSR count). The number of fused-ring (bicyclic) bond motifs is 1. The van der Waals surface area contributed by atoms with E-state index >= 15 is 0 Å². The molecule has 4 heterocycles. The van der Waals surface area contributed by atoms with Crippen LogP contribution in [0.25, 0.3) is 22.8 Å². The maximum Gasteiger partial charge on any atom is 0.434 e. The summed E-state index contributed by atoms with van der Waals surface area (Å²) < 4.78 is 94.2. The molecule has 1 aliphatic carbocycles. The number of hydrogen-bond donors (Lipinski definition) is 0. The van der Waals surface area contributed by atoms with Crippen LogP contribution in [0.15, 0.2) is 36.9 Å². The number of anilines is 1. The van der Waals surface area contributed by atoms with Gasteiger partial charge in [0.15, 0.2) is 23.1 Å². The number of benzene rings is 1. The molecule has 2 aliphatic rings. The highest BCUT2D eigenvalue weighted by Crippen LogP contribution is 2.46. The van der Waals surface area contributed by atoms with Crippen molar-refractivity contribution < 1.29 is 35.8 Å². The summed E-state index contributed by atoms with van der Waals surface area (Å²) in [5, 5.41) is 0. The molecule has 0 atom stereocenters. The molecule has 3 aromatic heterocycles. The predicted molar refractivity (Wildman–Crippen MR) is 137 cm³/mol. The third kappa shape index (κ3) is 5.18. The fourth-order valence-corrected chi connectivity index (χ4v) is 4.94. The van der Waals surface area contributed by atoms with Crippen LogP contribution in [0.2, 0.25) is 0 Å². The van der Waals surface area contributed by atoms with Gasteiger partial charge in [0.1, 0.15) is 24.3 Å². The van der Waals surface area contributed by atoms with E-state index in [0.717, 1.165) is 35.2 Å². The molecule has 0 saturated heterocycles. The number of aryl methyl sites for hydroxylation is 1. The Bertz CT molecular complexity index is 1650. The summed E-state index contributed by atoms with van der Waals surface area (Å²) in [5.74, 6) is 1.12. The van der Waals surface area contributed by atoms with Crippen LogP contribution in [0.5, 0.6) is 11.6 Å². The molecule has 0 amide bonds. The third-order valence-electron chi connectivity index (χ3n) is 7.05. The van der Waals surface area contributed by atoms with Gasteiger partial charge in [-0.25, -0.2) is 24.9 Å². The van der Waals surface area contributed by atoms with E-state index in [9.17, 15) is 26.3 Å². The van der Waals surface area contributed by atoms with E-state index < -0.39 is 35.0 Å². The average Bonchev–Trinajstić information content (AvgIpc) is 3.72. The molecule has 0 unspecified atom stereocenters. The van der Waals surface area contributed by atoms with Gasteiger partial charge >= 0.3 is 12.4 Å². The van der Waals surface area contributed by atoms with Crippen molar-refractivity contribution in [2.24, 2.45) is 7.05 Å². The average molecular weight is 592 g/mol. The molecule has 1 aromatic carbocycles. The Morgan fingerprint density at radius 1 is 1.02 bits per heavy atom. The second-order valence-electron chi connectivity index (χ2n) is 10.0. The lowest BCUT2D eigenvalue weighted by Crippen LogP contribution is -2.33. The first-order chi connectivity index (χ1) is 19.9. The van der Waals surface area contributed by atoms with Gasteiger partial charge in [-0.3, -0.25) is 0 Å². The van der Waals surface area contributed by atoms with Gasteiger partial charge in [-0.2, -0.15) is 26.3 Å². The Labute approximate surface area is 235 Å². The summed E-state index contributed by atoms with van der Waals surface area (Å²) in [6.07, 6.45) is -4.16. The Balaban J connectivity index is 1.37. The Morgan fingerprint density at radius 3 is 2.48 bits per heavy atom. The second-order valence-corrected chi connectivity index (χ2v) is 10.0.